The molecular weight excluding hydrogens is 250 g/mol. The normalized spacial score (nSPS) is 11.4. The van der Waals surface area contributed by atoms with Crippen LogP contribution in [0.25, 0.3) is 0 Å². The minimum absolute atomic E-state index is 0.409. The van der Waals surface area contributed by atoms with Gasteiger partial charge in [-0.05, 0) is 18.6 Å². The first kappa shape index (κ1) is 13.2. The zero-order valence-electron chi connectivity index (χ0n) is 8.90. The van der Waals surface area contributed by atoms with Crippen LogP contribution < -0.4 is 10.0 Å². The van der Waals surface area contributed by atoms with Gasteiger partial charge in [-0.3, -0.25) is 0 Å². The average Bonchev–Trinajstić information content (AvgIpc) is 2.15. The molecule has 0 saturated carbocycles. The third-order valence-electron chi connectivity index (χ3n) is 1.74. The molecule has 5 nitrogen and oxygen atoms in total. The predicted octanol–water partition coefficient (Wildman–Crippen LogP) is 1.09. The van der Waals surface area contributed by atoms with Crippen LogP contribution in [0.1, 0.15) is 6.42 Å². The Bertz CT molecular complexity index is 436. The Morgan fingerprint density at radius 3 is 2.75 bits per heavy atom. The molecular formula is C9H14ClN3O2S. The fourth-order valence-corrected chi connectivity index (χ4v) is 1.75. The van der Waals surface area contributed by atoms with Crippen LogP contribution in [-0.4, -0.2) is 32.7 Å². The number of nitrogens with one attached hydrogen (secondary N) is 2. The lowest BCUT2D eigenvalue weighted by Gasteiger charge is -2.05. The summed E-state index contributed by atoms with van der Waals surface area (Å²) in [5.41, 5.74) is 0. The average molecular weight is 264 g/mol. The fraction of sp³-hybridized carbons (Fsp3) is 0.444. The van der Waals surface area contributed by atoms with Crippen LogP contribution in [0.2, 0.25) is 5.15 Å². The zero-order valence-corrected chi connectivity index (χ0v) is 10.5. The van der Waals surface area contributed by atoms with Gasteiger partial charge < -0.3 is 5.32 Å². The van der Waals surface area contributed by atoms with E-state index < -0.39 is 10.0 Å². The molecule has 90 valence electrons. The van der Waals surface area contributed by atoms with Gasteiger partial charge in [0.2, 0.25) is 10.0 Å². The van der Waals surface area contributed by atoms with Gasteiger partial charge in [0.15, 0.2) is 0 Å². The van der Waals surface area contributed by atoms with Crippen molar-refractivity contribution < 1.29 is 8.42 Å². The summed E-state index contributed by atoms with van der Waals surface area (Å²) in [4.78, 5) is 4.04. The van der Waals surface area contributed by atoms with Crippen molar-refractivity contribution in [1.29, 1.82) is 0 Å². The standard InChI is InChI=1S/C9H14ClN3O2S/c1-16(14,15)12-7-3-6-11-9-5-2-4-8(10)13-9/h2,4-5,12H,3,6-7H2,1H3,(H,11,13). The molecule has 7 heteroatoms. The molecule has 0 aromatic carbocycles. The lowest BCUT2D eigenvalue weighted by Crippen LogP contribution is -2.24. The Kier molecular flexibility index (Phi) is 4.98. The second-order valence-electron chi connectivity index (χ2n) is 3.29. The molecule has 0 unspecified atom stereocenters. The number of rotatable bonds is 6. The summed E-state index contributed by atoms with van der Waals surface area (Å²) in [7, 11) is -3.09. The van der Waals surface area contributed by atoms with Crippen LogP contribution in [0.3, 0.4) is 0 Å². The van der Waals surface area contributed by atoms with Crippen molar-refractivity contribution in [3.8, 4) is 0 Å². The number of hydrogen-bond acceptors (Lipinski definition) is 4. The van der Waals surface area contributed by atoms with Crippen molar-refractivity contribution in [3.63, 3.8) is 0 Å². The van der Waals surface area contributed by atoms with E-state index in [1.807, 2.05) is 0 Å². The first-order valence-electron chi connectivity index (χ1n) is 4.78. The molecule has 1 rings (SSSR count). The van der Waals surface area contributed by atoms with Crippen molar-refractivity contribution in [1.82, 2.24) is 9.71 Å². The Labute approximate surface area is 100 Å². The molecule has 0 aliphatic heterocycles. The molecule has 0 bridgehead atoms. The predicted molar refractivity (Wildman–Crippen MR) is 65.2 cm³/mol. The van der Waals surface area contributed by atoms with Gasteiger partial charge in [-0.15, -0.1) is 0 Å². The van der Waals surface area contributed by atoms with E-state index in [0.29, 0.717) is 30.5 Å². The van der Waals surface area contributed by atoms with Crippen LogP contribution in [0, 0.1) is 0 Å². The summed E-state index contributed by atoms with van der Waals surface area (Å²) in [6, 6.07) is 5.29. The Morgan fingerprint density at radius 2 is 2.12 bits per heavy atom. The maximum absolute atomic E-state index is 10.7. The molecule has 0 aliphatic carbocycles. The van der Waals surface area contributed by atoms with E-state index >= 15 is 0 Å². The van der Waals surface area contributed by atoms with E-state index in [-0.39, 0.29) is 0 Å². The van der Waals surface area contributed by atoms with E-state index in [4.69, 9.17) is 11.6 Å². The highest BCUT2D eigenvalue weighted by molar-refractivity contribution is 7.88. The van der Waals surface area contributed by atoms with Crippen molar-refractivity contribution in [2.24, 2.45) is 0 Å². The minimum atomic E-state index is -3.09. The molecule has 1 heterocycles. The van der Waals surface area contributed by atoms with E-state index in [0.717, 1.165) is 6.26 Å². The van der Waals surface area contributed by atoms with Crippen LogP contribution in [0.15, 0.2) is 18.2 Å². The number of nitrogens with zero attached hydrogens (tertiary/aromatic N) is 1. The molecule has 16 heavy (non-hydrogen) atoms. The van der Waals surface area contributed by atoms with Gasteiger partial charge >= 0.3 is 0 Å². The van der Waals surface area contributed by atoms with Crippen molar-refractivity contribution in [2.75, 3.05) is 24.7 Å². The fourth-order valence-electron chi connectivity index (χ4n) is 1.07. The summed E-state index contributed by atoms with van der Waals surface area (Å²) in [5, 5.41) is 3.47. The maximum atomic E-state index is 10.7. The summed E-state index contributed by atoms with van der Waals surface area (Å²) in [5.74, 6) is 0.687. The van der Waals surface area contributed by atoms with Crippen LogP contribution in [0.4, 0.5) is 5.82 Å². The Balaban J connectivity index is 2.21. The van der Waals surface area contributed by atoms with E-state index in [9.17, 15) is 8.42 Å². The van der Waals surface area contributed by atoms with Crippen LogP contribution >= 0.6 is 11.6 Å². The molecule has 0 atom stereocenters. The number of anilines is 1. The number of halogens is 1. The monoisotopic (exact) mass is 263 g/mol. The molecule has 0 radical (unpaired) electrons. The van der Waals surface area contributed by atoms with Gasteiger partial charge in [0, 0.05) is 13.1 Å². The molecule has 2 N–H and O–H groups in total. The molecule has 0 aliphatic rings. The molecule has 0 spiro atoms. The second-order valence-corrected chi connectivity index (χ2v) is 5.51. The SMILES string of the molecule is CS(=O)(=O)NCCCNc1cccc(Cl)n1. The molecule has 0 amide bonds. The second kappa shape index (κ2) is 6.03. The molecule has 1 aromatic heterocycles. The summed E-state index contributed by atoms with van der Waals surface area (Å²) in [6.45, 7) is 1.04. The Morgan fingerprint density at radius 1 is 1.38 bits per heavy atom. The number of hydrogen-bond donors (Lipinski definition) is 2. The summed E-state index contributed by atoms with van der Waals surface area (Å²) < 4.78 is 23.9. The number of sulfonamides is 1. The van der Waals surface area contributed by atoms with Gasteiger partial charge in [0.25, 0.3) is 0 Å². The minimum Gasteiger partial charge on any atom is -0.370 e. The quantitative estimate of drug-likeness (QED) is 0.595. The van der Waals surface area contributed by atoms with Crippen molar-refractivity contribution in [2.45, 2.75) is 6.42 Å². The van der Waals surface area contributed by atoms with Crippen molar-refractivity contribution in [3.05, 3.63) is 23.4 Å². The van der Waals surface area contributed by atoms with Crippen molar-refractivity contribution >= 4 is 27.4 Å². The van der Waals surface area contributed by atoms with Gasteiger partial charge in [0.05, 0.1) is 6.26 Å². The summed E-state index contributed by atoms with van der Waals surface area (Å²) in [6.07, 6.45) is 1.82. The lowest BCUT2D eigenvalue weighted by atomic mass is 10.4. The third kappa shape index (κ3) is 5.89. The molecule has 1 aromatic rings. The maximum Gasteiger partial charge on any atom is 0.208 e. The number of pyridine rings is 1. The van der Waals surface area contributed by atoms with E-state index in [2.05, 4.69) is 15.0 Å². The molecule has 0 fully saturated rings. The highest BCUT2D eigenvalue weighted by atomic mass is 35.5. The highest BCUT2D eigenvalue weighted by Gasteiger charge is 1.99. The number of aromatic nitrogens is 1. The van der Waals surface area contributed by atoms with Crippen LogP contribution in [0.5, 0.6) is 0 Å². The lowest BCUT2D eigenvalue weighted by molar-refractivity contribution is 0.586. The first-order valence-corrected chi connectivity index (χ1v) is 7.05. The largest absolute Gasteiger partial charge is 0.370 e. The Hall–Kier alpha value is -0.850. The topological polar surface area (TPSA) is 71.1 Å². The highest BCUT2D eigenvalue weighted by Crippen LogP contribution is 2.08. The third-order valence-corrected chi connectivity index (χ3v) is 2.68. The smallest absolute Gasteiger partial charge is 0.208 e. The summed E-state index contributed by atoms with van der Waals surface area (Å²) >= 11 is 5.70. The van der Waals surface area contributed by atoms with E-state index in [1.54, 1.807) is 18.2 Å². The zero-order chi connectivity index (χ0) is 12.0. The first-order chi connectivity index (χ1) is 7.47. The van der Waals surface area contributed by atoms with E-state index in [1.165, 1.54) is 0 Å². The van der Waals surface area contributed by atoms with Gasteiger partial charge in [-0.25, -0.2) is 18.1 Å². The van der Waals surface area contributed by atoms with Gasteiger partial charge in [0.1, 0.15) is 11.0 Å². The molecule has 0 saturated heterocycles. The van der Waals surface area contributed by atoms with Crippen LogP contribution in [-0.2, 0) is 10.0 Å². The van der Waals surface area contributed by atoms with Gasteiger partial charge in [-0.1, -0.05) is 17.7 Å². The van der Waals surface area contributed by atoms with Gasteiger partial charge in [-0.2, -0.15) is 0 Å².